The van der Waals surface area contributed by atoms with Gasteiger partial charge in [-0.2, -0.15) is 4.39 Å². The van der Waals surface area contributed by atoms with Gasteiger partial charge in [0.1, 0.15) is 5.75 Å². The molecule has 0 saturated heterocycles. The average molecular weight is 256 g/mol. The molecule has 0 aliphatic heterocycles. The second kappa shape index (κ2) is 4.59. The Kier molecular flexibility index (Phi) is 3.15. The lowest BCUT2D eigenvalue weighted by Gasteiger charge is -2.08. The molecule has 0 aliphatic rings. The van der Waals surface area contributed by atoms with Gasteiger partial charge in [0.25, 0.3) is 0 Å². The van der Waals surface area contributed by atoms with Crippen LogP contribution in [0.2, 0.25) is 5.02 Å². The number of nitrogens with two attached hydrogens (primary N) is 1. The fourth-order valence-corrected chi connectivity index (χ4v) is 1.43. The summed E-state index contributed by atoms with van der Waals surface area (Å²) in [5, 5.41) is 0.291. The molecule has 0 saturated carbocycles. The van der Waals surface area contributed by atoms with Crippen LogP contribution in [0.1, 0.15) is 0 Å². The Morgan fingerprint density at radius 3 is 2.59 bits per heavy atom. The monoisotopic (exact) mass is 255 g/mol. The molecule has 2 aromatic rings. The highest BCUT2D eigenvalue weighted by Gasteiger charge is 2.10. The minimum absolute atomic E-state index is 0.203. The van der Waals surface area contributed by atoms with Gasteiger partial charge in [0, 0.05) is 6.07 Å². The van der Waals surface area contributed by atoms with Crippen LogP contribution in [0.4, 0.5) is 14.5 Å². The van der Waals surface area contributed by atoms with Crippen LogP contribution in [-0.4, -0.2) is 0 Å². The molecule has 2 aromatic carbocycles. The Labute approximate surface area is 102 Å². The normalized spacial score (nSPS) is 10.3. The van der Waals surface area contributed by atoms with E-state index in [0.717, 1.165) is 6.07 Å². The Balaban J connectivity index is 2.31. The van der Waals surface area contributed by atoms with Gasteiger partial charge in [0.05, 0.1) is 10.7 Å². The third-order valence-electron chi connectivity index (χ3n) is 2.12. The minimum atomic E-state index is -1.04. The topological polar surface area (TPSA) is 35.2 Å². The van der Waals surface area contributed by atoms with Crippen LogP contribution in [0.3, 0.4) is 0 Å². The zero-order valence-corrected chi connectivity index (χ0v) is 9.34. The summed E-state index contributed by atoms with van der Waals surface area (Å²) in [5.41, 5.74) is 5.90. The van der Waals surface area contributed by atoms with E-state index in [-0.39, 0.29) is 11.5 Å². The predicted molar refractivity (Wildman–Crippen MR) is 62.3 cm³/mol. The average Bonchev–Trinajstić information content (AvgIpc) is 2.30. The van der Waals surface area contributed by atoms with Gasteiger partial charge in [-0.15, -0.1) is 0 Å². The minimum Gasteiger partial charge on any atom is -0.454 e. The van der Waals surface area contributed by atoms with Crippen LogP contribution in [0.25, 0.3) is 0 Å². The lowest BCUT2D eigenvalue weighted by Crippen LogP contribution is -1.92. The molecule has 0 spiro atoms. The van der Waals surface area contributed by atoms with Gasteiger partial charge in [0.2, 0.25) is 5.82 Å². The van der Waals surface area contributed by atoms with Gasteiger partial charge in [-0.05, 0) is 24.3 Å². The third kappa shape index (κ3) is 2.47. The van der Waals surface area contributed by atoms with E-state index in [4.69, 9.17) is 22.1 Å². The zero-order chi connectivity index (χ0) is 12.4. The first kappa shape index (κ1) is 11.7. The Hall–Kier alpha value is -1.81. The summed E-state index contributed by atoms with van der Waals surface area (Å²) >= 11 is 5.78. The molecule has 0 heterocycles. The van der Waals surface area contributed by atoms with Crippen molar-refractivity contribution in [3.8, 4) is 11.5 Å². The molecule has 17 heavy (non-hydrogen) atoms. The number of ether oxygens (including phenoxy) is 1. The van der Waals surface area contributed by atoms with E-state index in [1.54, 1.807) is 0 Å². The number of halogens is 3. The quantitative estimate of drug-likeness (QED) is 0.824. The fraction of sp³-hybridized carbons (Fsp3) is 0. The van der Waals surface area contributed by atoms with Crippen molar-refractivity contribution in [2.24, 2.45) is 0 Å². The molecule has 2 N–H and O–H groups in total. The Bertz CT molecular complexity index is 560. The second-order valence-corrected chi connectivity index (χ2v) is 3.74. The molecule has 0 unspecified atom stereocenters. The van der Waals surface area contributed by atoms with Crippen LogP contribution < -0.4 is 10.5 Å². The van der Waals surface area contributed by atoms with Crippen LogP contribution in [-0.2, 0) is 0 Å². The molecule has 2 rings (SSSR count). The summed E-state index contributed by atoms with van der Waals surface area (Å²) in [7, 11) is 0. The number of anilines is 1. The molecule has 0 radical (unpaired) electrons. The molecule has 2 nitrogen and oxygen atoms in total. The highest BCUT2D eigenvalue weighted by Crippen LogP contribution is 2.29. The highest BCUT2D eigenvalue weighted by molar-refractivity contribution is 6.33. The Morgan fingerprint density at radius 2 is 1.88 bits per heavy atom. The third-order valence-corrected chi connectivity index (χ3v) is 2.44. The van der Waals surface area contributed by atoms with E-state index in [1.807, 2.05) is 0 Å². The summed E-state index contributed by atoms with van der Waals surface area (Å²) in [6.07, 6.45) is 0. The summed E-state index contributed by atoms with van der Waals surface area (Å²) in [4.78, 5) is 0. The van der Waals surface area contributed by atoms with Crippen molar-refractivity contribution in [2.75, 3.05) is 5.73 Å². The molecule has 0 aliphatic carbocycles. The van der Waals surface area contributed by atoms with Gasteiger partial charge in [-0.1, -0.05) is 17.7 Å². The predicted octanol–water partition coefficient (Wildman–Crippen LogP) is 3.99. The molecule has 5 heteroatoms. The van der Waals surface area contributed by atoms with Gasteiger partial charge in [-0.3, -0.25) is 0 Å². The Morgan fingerprint density at radius 1 is 1.12 bits per heavy atom. The maximum Gasteiger partial charge on any atom is 0.201 e. The smallest absolute Gasteiger partial charge is 0.201 e. The molecule has 0 aromatic heterocycles. The van der Waals surface area contributed by atoms with E-state index in [2.05, 4.69) is 0 Å². The van der Waals surface area contributed by atoms with Crippen molar-refractivity contribution in [2.45, 2.75) is 0 Å². The van der Waals surface area contributed by atoms with Crippen molar-refractivity contribution in [1.82, 2.24) is 0 Å². The summed E-state index contributed by atoms with van der Waals surface area (Å²) in [5.74, 6) is -1.93. The molecular formula is C12H8ClF2NO. The van der Waals surface area contributed by atoms with E-state index in [0.29, 0.717) is 10.7 Å². The number of hydrogen-bond acceptors (Lipinski definition) is 2. The van der Waals surface area contributed by atoms with Gasteiger partial charge >= 0.3 is 0 Å². The van der Waals surface area contributed by atoms with Crippen molar-refractivity contribution in [1.29, 1.82) is 0 Å². The van der Waals surface area contributed by atoms with E-state index in [1.165, 1.54) is 30.3 Å². The lowest BCUT2D eigenvalue weighted by atomic mass is 10.3. The molecule has 0 amide bonds. The maximum atomic E-state index is 13.3. The fourth-order valence-electron chi connectivity index (χ4n) is 1.26. The lowest BCUT2D eigenvalue weighted by molar-refractivity contribution is 0.416. The SMILES string of the molecule is Nc1ccc(Oc2cccc(F)c2F)cc1Cl. The van der Waals surface area contributed by atoms with E-state index in [9.17, 15) is 8.78 Å². The number of hydrogen-bond donors (Lipinski definition) is 1. The van der Waals surface area contributed by atoms with Crippen molar-refractivity contribution < 1.29 is 13.5 Å². The first-order valence-corrected chi connectivity index (χ1v) is 5.12. The van der Waals surface area contributed by atoms with E-state index < -0.39 is 11.6 Å². The first-order chi connectivity index (χ1) is 8.08. The number of benzene rings is 2. The van der Waals surface area contributed by atoms with Gasteiger partial charge < -0.3 is 10.5 Å². The first-order valence-electron chi connectivity index (χ1n) is 4.75. The van der Waals surface area contributed by atoms with Gasteiger partial charge in [-0.25, -0.2) is 4.39 Å². The summed E-state index contributed by atoms with van der Waals surface area (Å²) in [6, 6.07) is 8.16. The zero-order valence-electron chi connectivity index (χ0n) is 8.58. The largest absolute Gasteiger partial charge is 0.454 e. The van der Waals surface area contributed by atoms with Crippen LogP contribution >= 0.6 is 11.6 Å². The number of nitrogen functional groups attached to an aromatic ring is 1. The van der Waals surface area contributed by atoms with Crippen molar-refractivity contribution in [3.05, 3.63) is 53.1 Å². The molecule has 0 atom stereocenters. The van der Waals surface area contributed by atoms with E-state index >= 15 is 0 Å². The highest BCUT2D eigenvalue weighted by atomic mass is 35.5. The van der Waals surface area contributed by atoms with Crippen molar-refractivity contribution in [3.63, 3.8) is 0 Å². The summed E-state index contributed by atoms with van der Waals surface area (Å²) < 4.78 is 31.4. The van der Waals surface area contributed by atoms with Crippen LogP contribution in [0.15, 0.2) is 36.4 Å². The molecule has 88 valence electrons. The maximum absolute atomic E-state index is 13.3. The molecule has 0 bridgehead atoms. The van der Waals surface area contributed by atoms with Crippen LogP contribution in [0, 0.1) is 11.6 Å². The summed E-state index contributed by atoms with van der Waals surface area (Å²) in [6.45, 7) is 0. The van der Waals surface area contributed by atoms with Gasteiger partial charge in [0.15, 0.2) is 11.6 Å². The van der Waals surface area contributed by atoms with Crippen molar-refractivity contribution >= 4 is 17.3 Å². The standard InChI is InChI=1S/C12H8ClF2NO/c13-8-6-7(4-5-10(8)16)17-11-3-1-2-9(14)12(11)15/h1-6H,16H2. The molecular weight excluding hydrogens is 248 g/mol. The van der Waals surface area contributed by atoms with Crippen LogP contribution in [0.5, 0.6) is 11.5 Å². The number of rotatable bonds is 2. The second-order valence-electron chi connectivity index (χ2n) is 3.34. The molecule has 0 fully saturated rings.